The van der Waals surface area contributed by atoms with Crippen LogP contribution in [0.25, 0.3) is 10.2 Å². The maximum Gasteiger partial charge on any atom is 0.260 e. The molecule has 4 rings (SSSR count). The number of fused-ring (bicyclic) bond motifs is 1. The van der Waals surface area contributed by atoms with Crippen LogP contribution in [0.5, 0.6) is 0 Å². The van der Waals surface area contributed by atoms with Gasteiger partial charge in [-0.15, -0.1) is 11.8 Å². The SMILES string of the molecule is CCSc1cccc(C(=O)N(Cc2ccco2)c2nc3ccccc3s2)c1. The average Bonchev–Trinajstić information content (AvgIpc) is 3.35. The smallest absolute Gasteiger partial charge is 0.260 e. The third-order valence-corrected chi connectivity index (χ3v) is 5.98. The molecule has 0 aliphatic carbocycles. The second-order valence-corrected chi connectivity index (χ2v) is 8.24. The summed E-state index contributed by atoms with van der Waals surface area (Å²) < 4.78 is 6.54. The fourth-order valence-electron chi connectivity index (χ4n) is 2.80. The summed E-state index contributed by atoms with van der Waals surface area (Å²) >= 11 is 3.23. The van der Waals surface area contributed by atoms with E-state index in [1.165, 1.54) is 11.3 Å². The number of para-hydroxylation sites is 1. The zero-order valence-electron chi connectivity index (χ0n) is 14.8. The van der Waals surface area contributed by atoms with Crippen molar-refractivity contribution in [2.45, 2.75) is 18.4 Å². The first-order valence-corrected chi connectivity index (χ1v) is 10.5. The summed E-state index contributed by atoms with van der Waals surface area (Å²) in [5, 5.41) is 0.672. The lowest BCUT2D eigenvalue weighted by molar-refractivity contribution is 0.0983. The van der Waals surface area contributed by atoms with Crippen molar-refractivity contribution >= 4 is 44.4 Å². The molecular formula is C21H18N2O2S2. The van der Waals surface area contributed by atoms with E-state index in [1.54, 1.807) is 22.9 Å². The molecule has 4 nitrogen and oxygen atoms in total. The summed E-state index contributed by atoms with van der Waals surface area (Å²) in [4.78, 5) is 20.8. The van der Waals surface area contributed by atoms with Crippen LogP contribution in [0.3, 0.4) is 0 Å². The highest BCUT2D eigenvalue weighted by molar-refractivity contribution is 7.99. The Bertz CT molecular complexity index is 1020. The second-order valence-electron chi connectivity index (χ2n) is 5.90. The van der Waals surface area contributed by atoms with Crippen molar-refractivity contribution in [1.29, 1.82) is 0 Å². The third-order valence-electron chi connectivity index (χ3n) is 4.04. The van der Waals surface area contributed by atoms with Gasteiger partial charge in [-0.1, -0.05) is 36.5 Å². The Hall–Kier alpha value is -2.57. The van der Waals surface area contributed by atoms with E-state index in [9.17, 15) is 4.79 Å². The quantitative estimate of drug-likeness (QED) is 0.385. The van der Waals surface area contributed by atoms with Gasteiger partial charge in [0.05, 0.1) is 23.0 Å². The second kappa shape index (κ2) is 7.98. The van der Waals surface area contributed by atoms with Crippen molar-refractivity contribution in [3.05, 3.63) is 78.3 Å². The molecule has 0 N–H and O–H groups in total. The number of hydrogen-bond donors (Lipinski definition) is 0. The van der Waals surface area contributed by atoms with Crippen LogP contribution >= 0.6 is 23.1 Å². The molecular weight excluding hydrogens is 376 g/mol. The molecule has 27 heavy (non-hydrogen) atoms. The molecule has 0 aliphatic rings. The van der Waals surface area contributed by atoms with Crippen LogP contribution in [0.4, 0.5) is 5.13 Å². The van der Waals surface area contributed by atoms with Gasteiger partial charge < -0.3 is 4.42 Å². The summed E-state index contributed by atoms with van der Waals surface area (Å²) in [6.07, 6.45) is 1.62. The number of furan rings is 1. The molecule has 1 amide bonds. The molecule has 2 aromatic heterocycles. The number of thiazole rings is 1. The zero-order valence-corrected chi connectivity index (χ0v) is 16.4. The normalized spacial score (nSPS) is 11.0. The van der Waals surface area contributed by atoms with Gasteiger partial charge in [0.2, 0.25) is 0 Å². The Kier molecular flexibility index (Phi) is 5.27. The van der Waals surface area contributed by atoms with Gasteiger partial charge in [-0.2, -0.15) is 0 Å². The third kappa shape index (κ3) is 3.91. The first-order valence-electron chi connectivity index (χ1n) is 8.67. The van der Waals surface area contributed by atoms with E-state index in [1.807, 2.05) is 60.7 Å². The van der Waals surface area contributed by atoms with Crippen molar-refractivity contribution < 1.29 is 9.21 Å². The monoisotopic (exact) mass is 394 g/mol. The summed E-state index contributed by atoms with van der Waals surface area (Å²) in [6, 6.07) is 19.4. The van der Waals surface area contributed by atoms with E-state index < -0.39 is 0 Å². The molecule has 0 saturated carbocycles. The van der Waals surface area contributed by atoms with Crippen LogP contribution in [0.1, 0.15) is 23.0 Å². The highest BCUT2D eigenvalue weighted by atomic mass is 32.2. The standard InChI is InChI=1S/C21H18N2O2S2/c1-2-26-17-9-5-7-15(13-17)20(24)23(14-16-8-6-12-25-16)21-22-18-10-3-4-11-19(18)27-21/h3-13H,2,14H2,1H3. The molecule has 0 atom stereocenters. The van der Waals surface area contributed by atoms with Crippen molar-refractivity contribution in [3.8, 4) is 0 Å². The minimum Gasteiger partial charge on any atom is -0.467 e. The number of hydrogen-bond acceptors (Lipinski definition) is 5. The minimum absolute atomic E-state index is 0.0796. The Morgan fingerprint density at radius 2 is 2.04 bits per heavy atom. The molecule has 0 fully saturated rings. The summed E-state index contributed by atoms with van der Waals surface area (Å²) in [5.74, 6) is 1.61. The van der Waals surface area contributed by atoms with Crippen molar-refractivity contribution in [2.75, 3.05) is 10.7 Å². The summed E-state index contributed by atoms with van der Waals surface area (Å²) in [7, 11) is 0. The Morgan fingerprint density at radius 1 is 1.15 bits per heavy atom. The van der Waals surface area contributed by atoms with Crippen LogP contribution in [0.2, 0.25) is 0 Å². The van der Waals surface area contributed by atoms with Gasteiger partial charge in [-0.3, -0.25) is 9.69 Å². The molecule has 0 spiro atoms. The van der Waals surface area contributed by atoms with E-state index in [-0.39, 0.29) is 5.91 Å². The molecule has 0 aliphatic heterocycles. The van der Waals surface area contributed by atoms with Crippen molar-refractivity contribution in [1.82, 2.24) is 4.98 Å². The molecule has 0 unspecified atom stereocenters. The van der Waals surface area contributed by atoms with Crippen LogP contribution in [0.15, 0.2) is 76.2 Å². The number of anilines is 1. The van der Waals surface area contributed by atoms with Gasteiger partial charge in [0.1, 0.15) is 5.76 Å². The lowest BCUT2D eigenvalue weighted by Gasteiger charge is -2.19. The van der Waals surface area contributed by atoms with E-state index in [4.69, 9.17) is 4.42 Å². The van der Waals surface area contributed by atoms with Gasteiger partial charge in [0.25, 0.3) is 5.91 Å². The van der Waals surface area contributed by atoms with E-state index in [0.29, 0.717) is 17.2 Å². The molecule has 6 heteroatoms. The van der Waals surface area contributed by atoms with E-state index >= 15 is 0 Å². The predicted octanol–water partition coefficient (Wildman–Crippen LogP) is 5.85. The Labute approximate surface area is 165 Å². The van der Waals surface area contributed by atoms with E-state index in [0.717, 1.165) is 26.6 Å². The van der Waals surface area contributed by atoms with E-state index in [2.05, 4.69) is 11.9 Å². The number of rotatable bonds is 6. The molecule has 4 aromatic rings. The summed E-state index contributed by atoms with van der Waals surface area (Å²) in [6.45, 7) is 2.44. The lowest BCUT2D eigenvalue weighted by atomic mass is 10.2. The van der Waals surface area contributed by atoms with Crippen molar-refractivity contribution in [3.63, 3.8) is 0 Å². The molecule has 136 valence electrons. The maximum atomic E-state index is 13.3. The number of benzene rings is 2. The maximum absolute atomic E-state index is 13.3. The average molecular weight is 395 g/mol. The predicted molar refractivity (Wildman–Crippen MR) is 112 cm³/mol. The summed E-state index contributed by atoms with van der Waals surface area (Å²) in [5.41, 5.74) is 1.55. The number of thioether (sulfide) groups is 1. The number of nitrogens with zero attached hydrogens (tertiary/aromatic N) is 2. The van der Waals surface area contributed by atoms with Crippen molar-refractivity contribution in [2.24, 2.45) is 0 Å². The largest absolute Gasteiger partial charge is 0.467 e. The minimum atomic E-state index is -0.0796. The van der Waals surface area contributed by atoms with Crippen LogP contribution in [-0.4, -0.2) is 16.6 Å². The van der Waals surface area contributed by atoms with Crippen LogP contribution in [0, 0.1) is 0 Å². The van der Waals surface area contributed by atoms with Gasteiger partial charge in [-0.05, 0) is 48.2 Å². The number of carbonyl (C=O) groups excluding carboxylic acids is 1. The highest BCUT2D eigenvalue weighted by Gasteiger charge is 2.23. The number of carbonyl (C=O) groups is 1. The fraction of sp³-hybridized carbons (Fsp3) is 0.143. The Morgan fingerprint density at radius 3 is 2.81 bits per heavy atom. The van der Waals surface area contributed by atoms with Crippen LogP contribution < -0.4 is 4.90 Å². The van der Waals surface area contributed by atoms with Gasteiger partial charge in [0, 0.05) is 10.5 Å². The molecule has 2 heterocycles. The number of aromatic nitrogens is 1. The fourth-order valence-corrected chi connectivity index (χ4v) is 4.48. The molecule has 0 radical (unpaired) electrons. The lowest BCUT2D eigenvalue weighted by Crippen LogP contribution is -2.30. The van der Waals surface area contributed by atoms with Crippen LogP contribution in [-0.2, 0) is 6.54 Å². The van der Waals surface area contributed by atoms with Gasteiger partial charge in [0.15, 0.2) is 5.13 Å². The first kappa shape index (κ1) is 17.8. The first-order chi connectivity index (χ1) is 13.2. The Balaban J connectivity index is 1.73. The molecule has 2 aromatic carbocycles. The zero-order chi connectivity index (χ0) is 18.6. The van der Waals surface area contributed by atoms with Gasteiger partial charge >= 0.3 is 0 Å². The number of amides is 1. The topological polar surface area (TPSA) is 46.3 Å². The molecule has 0 bridgehead atoms. The van der Waals surface area contributed by atoms with Gasteiger partial charge in [-0.25, -0.2) is 4.98 Å². The highest BCUT2D eigenvalue weighted by Crippen LogP contribution is 2.31. The molecule has 0 saturated heterocycles.